The predicted octanol–water partition coefficient (Wildman–Crippen LogP) is 0.765. The lowest BCUT2D eigenvalue weighted by Crippen LogP contribution is -3.05. The molecule has 0 aliphatic rings. The predicted molar refractivity (Wildman–Crippen MR) is 79.7 cm³/mol. The van der Waals surface area contributed by atoms with E-state index in [1.54, 1.807) is 30.3 Å². The average Bonchev–Trinajstić information content (AvgIpc) is 2.34. The number of benzene rings is 1. The molecule has 0 saturated carbocycles. The van der Waals surface area contributed by atoms with Gasteiger partial charge in [0.15, 0.2) is 0 Å². The molecule has 0 spiro atoms. The lowest BCUT2D eigenvalue weighted by atomic mass is 10.2. The summed E-state index contributed by atoms with van der Waals surface area (Å²) in [4.78, 5) is 1.30. The molecule has 0 radical (unpaired) electrons. The van der Waals surface area contributed by atoms with Crippen molar-refractivity contribution in [3.63, 3.8) is 0 Å². The second-order valence-corrected chi connectivity index (χ2v) is 6.69. The van der Waals surface area contributed by atoms with Crippen molar-refractivity contribution in [3.05, 3.63) is 40.3 Å². The summed E-state index contributed by atoms with van der Waals surface area (Å²) in [6, 6.07) is 6.98. The molecule has 1 aromatic carbocycles. The van der Waals surface area contributed by atoms with E-state index in [1.165, 1.54) is 10.3 Å². The zero-order valence-corrected chi connectivity index (χ0v) is 12.8. The number of hydrogen-bond acceptors (Lipinski definition) is 2. The van der Waals surface area contributed by atoms with Crippen LogP contribution in [0.1, 0.15) is 12.0 Å². The lowest BCUT2D eigenvalue weighted by Gasteiger charge is -2.06. The van der Waals surface area contributed by atoms with Crippen LogP contribution >= 0.6 is 11.6 Å². The molecular weight excluding hydrogens is 284 g/mol. The van der Waals surface area contributed by atoms with Gasteiger partial charge in [0.2, 0.25) is 10.0 Å². The third-order valence-electron chi connectivity index (χ3n) is 2.47. The number of sulfonamides is 1. The second-order valence-electron chi connectivity index (χ2n) is 4.60. The zero-order chi connectivity index (χ0) is 14.3. The van der Waals surface area contributed by atoms with E-state index in [0.717, 1.165) is 18.5 Å². The maximum atomic E-state index is 11.7. The van der Waals surface area contributed by atoms with E-state index in [-0.39, 0.29) is 0 Å². The molecule has 0 unspecified atom stereocenters. The van der Waals surface area contributed by atoms with Crippen LogP contribution in [0.2, 0.25) is 5.02 Å². The molecule has 1 aromatic rings. The standard InChI is InChI=1S/C13H19ClN2O2S/c1-16(2)10-3-9-15-19(17,18)11-8-12-4-6-13(14)7-5-12/h4-8,11,15H,3,9-10H2,1-2H3/p+1/b11-8+. The molecular formula is C13H20ClN2O2S+. The highest BCUT2D eigenvalue weighted by atomic mass is 35.5. The summed E-state index contributed by atoms with van der Waals surface area (Å²) in [5, 5.41) is 1.81. The van der Waals surface area contributed by atoms with Crippen LogP contribution in [0.3, 0.4) is 0 Å². The van der Waals surface area contributed by atoms with Crippen molar-refractivity contribution < 1.29 is 13.3 Å². The van der Waals surface area contributed by atoms with Gasteiger partial charge in [0.1, 0.15) is 0 Å². The van der Waals surface area contributed by atoms with Gasteiger partial charge in [0.05, 0.1) is 20.6 Å². The fourth-order valence-electron chi connectivity index (χ4n) is 1.45. The zero-order valence-electron chi connectivity index (χ0n) is 11.2. The summed E-state index contributed by atoms with van der Waals surface area (Å²) in [6.07, 6.45) is 2.37. The van der Waals surface area contributed by atoms with Gasteiger partial charge in [-0.2, -0.15) is 0 Å². The number of halogens is 1. The first-order chi connectivity index (χ1) is 8.89. The average molecular weight is 304 g/mol. The van der Waals surface area contributed by atoms with E-state index in [4.69, 9.17) is 11.6 Å². The van der Waals surface area contributed by atoms with E-state index in [2.05, 4.69) is 4.72 Å². The molecule has 0 heterocycles. The van der Waals surface area contributed by atoms with Crippen molar-refractivity contribution >= 4 is 27.7 Å². The summed E-state index contributed by atoms with van der Waals surface area (Å²) in [5.41, 5.74) is 0.799. The van der Waals surface area contributed by atoms with Gasteiger partial charge >= 0.3 is 0 Å². The Hall–Kier alpha value is -0.880. The minimum atomic E-state index is -3.36. The molecule has 4 nitrogen and oxygen atoms in total. The molecule has 0 fully saturated rings. The maximum absolute atomic E-state index is 11.7. The molecule has 0 aliphatic heterocycles. The normalized spacial score (nSPS) is 12.4. The van der Waals surface area contributed by atoms with Crippen LogP contribution in [0.25, 0.3) is 6.08 Å². The van der Waals surface area contributed by atoms with Crippen LogP contribution in [0.5, 0.6) is 0 Å². The quantitative estimate of drug-likeness (QED) is 0.731. The second kappa shape index (κ2) is 7.65. The van der Waals surface area contributed by atoms with Crippen LogP contribution in [0.4, 0.5) is 0 Å². The Morgan fingerprint density at radius 1 is 1.26 bits per heavy atom. The number of nitrogens with one attached hydrogen (secondary N) is 2. The lowest BCUT2D eigenvalue weighted by molar-refractivity contribution is -0.858. The molecule has 6 heteroatoms. The molecule has 2 N–H and O–H groups in total. The summed E-state index contributed by atoms with van der Waals surface area (Å²) in [5.74, 6) is 0. The summed E-state index contributed by atoms with van der Waals surface area (Å²) in [7, 11) is 0.713. The molecule has 19 heavy (non-hydrogen) atoms. The first-order valence-corrected chi connectivity index (χ1v) is 8.04. The molecule has 0 aliphatic carbocycles. The van der Waals surface area contributed by atoms with Crippen LogP contribution in [-0.2, 0) is 10.0 Å². The fraction of sp³-hybridized carbons (Fsp3) is 0.385. The van der Waals surface area contributed by atoms with Crippen molar-refractivity contribution in [2.75, 3.05) is 27.2 Å². The van der Waals surface area contributed by atoms with Crippen molar-refractivity contribution in [1.82, 2.24) is 4.72 Å². The Labute approximate surface area is 120 Å². The molecule has 0 atom stereocenters. The maximum Gasteiger partial charge on any atom is 0.233 e. The van der Waals surface area contributed by atoms with Crippen molar-refractivity contribution in [1.29, 1.82) is 0 Å². The van der Waals surface area contributed by atoms with Crippen molar-refractivity contribution in [3.8, 4) is 0 Å². The minimum Gasteiger partial charge on any atom is -0.340 e. The van der Waals surface area contributed by atoms with Gasteiger partial charge in [-0.15, -0.1) is 0 Å². The van der Waals surface area contributed by atoms with Gasteiger partial charge in [-0.3, -0.25) is 0 Å². The Balaban J connectivity index is 2.47. The monoisotopic (exact) mass is 303 g/mol. The van der Waals surface area contributed by atoms with Gasteiger partial charge in [0.25, 0.3) is 0 Å². The topological polar surface area (TPSA) is 50.6 Å². The van der Waals surface area contributed by atoms with Crippen LogP contribution in [0.15, 0.2) is 29.7 Å². The molecule has 0 bridgehead atoms. The highest BCUT2D eigenvalue weighted by Crippen LogP contribution is 2.10. The molecule has 106 valence electrons. The van der Waals surface area contributed by atoms with Crippen LogP contribution in [0, 0.1) is 0 Å². The molecule has 0 amide bonds. The molecule has 1 rings (SSSR count). The first-order valence-electron chi connectivity index (χ1n) is 6.11. The Bertz CT molecular complexity index is 510. The van der Waals surface area contributed by atoms with E-state index in [0.29, 0.717) is 11.6 Å². The van der Waals surface area contributed by atoms with Gasteiger partial charge in [-0.05, 0) is 23.8 Å². The summed E-state index contributed by atoms with van der Waals surface area (Å²) >= 11 is 5.76. The van der Waals surface area contributed by atoms with E-state index < -0.39 is 10.0 Å². The van der Waals surface area contributed by atoms with Gasteiger partial charge < -0.3 is 4.90 Å². The number of hydrogen-bond donors (Lipinski definition) is 2. The Kier molecular flexibility index (Phi) is 6.51. The van der Waals surface area contributed by atoms with Crippen LogP contribution in [-0.4, -0.2) is 35.6 Å². The van der Waals surface area contributed by atoms with Gasteiger partial charge in [-0.25, -0.2) is 13.1 Å². The highest BCUT2D eigenvalue weighted by molar-refractivity contribution is 7.92. The number of quaternary nitrogens is 1. The SMILES string of the molecule is C[NH+](C)CCCNS(=O)(=O)/C=C/c1ccc(Cl)cc1. The van der Waals surface area contributed by atoms with Crippen LogP contribution < -0.4 is 9.62 Å². The smallest absolute Gasteiger partial charge is 0.233 e. The third-order valence-corrected chi connectivity index (χ3v) is 3.82. The minimum absolute atomic E-state index is 0.457. The Morgan fingerprint density at radius 2 is 1.89 bits per heavy atom. The van der Waals surface area contributed by atoms with Gasteiger partial charge in [-0.1, -0.05) is 23.7 Å². The highest BCUT2D eigenvalue weighted by Gasteiger charge is 2.04. The van der Waals surface area contributed by atoms with Crippen molar-refractivity contribution in [2.24, 2.45) is 0 Å². The molecule has 0 saturated heterocycles. The van der Waals surface area contributed by atoms with E-state index in [9.17, 15) is 8.42 Å². The fourth-order valence-corrected chi connectivity index (χ4v) is 2.43. The number of rotatable bonds is 7. The summed E-state index contributed by atoms with van der Waals surface area (Å²) in [6.45, 7) is 1.39. The van der Waals surface area contributed by atoms with Gasteiger partial charge in [0, 0.05) is 23.4 Å². The summed E-state index contributed by atoms with van der Waals surface area (Å²) < 4.78 is 25.9. The van der Waals surface area contributed by atoms with Crippen molar-refractivity contribution in [2.45, 2.75) is 6.42 Å². The Morgan fingerprint density at radius 3 is 2.47 bits per heavy atom. The van der Waals surface area contributed by atoms with E-state index in [1.807, 2.05) is 14.1 Å². The first kappa shape index (κ1) is 16.2. The largest absolute Gasteiger partial charge is 0.340 e. The molecule has 0 aromatic heterocycles. The third kappa shape index (κ3) is 7.32. The van der Waals surface area contributed by atoms with E-state index >= 15 is 0 Å².